The number of unbranched alkanes of at least 4 members (excludes halogenated alkanes) is 13. The molecule has 0 bridgehead atoms. The number of benzene rings is 1. The zero-order chi connectivity index (χ0) is 24.9. The molecular formula is C30H49BrN2O. The molecule has 2 N–H and O–H groups in total. The predicted molar refractivity (Wildman–Crippen MR) is 152 cm³/mol. The largest absolute Gasteiger partial charge is 0.361 e. The van der Waals surface area contributed by atoms with Gasteiger partial charge in [0, 0.05) is 22.5 Å². The topological polar surface area (TPSA) is 44.9 Å². The molecule has 0 fully saturated rings. The average Bonchev–Trinajstić information content (AvgIpc) is 3.26. The van der Waals surface area contributed by atoms with Gasteiger partial charge in [0.1, 0.15) is 0 Å². The number of para-hydroxylation sites is 1. The number of carbonyl (C=O) groups is 1. The highest BCUT2D eigenvalue weighted by molar-refractivity contribution is 9.18. The molecule has 192 valence electrons. The normalized spacial score (nSPS) is 13.9. The predicted octanol–water partition coefficient (Wildman–Crippen LogP) is 9.20. The summed E-state index contributed by atoms with van der Waals surface area (Å²) in [5.74, 6) is 0. The summed E-state index contributed by atoms with van der Waals surface area (Å²) in [5, 5.41) is 4.81. The zero-order valence-corrected chi connectivity index (χ0v) is 23.9. The number of H-pyrrole nitrogens is 1. The van der Waals surface area contributed by atoms with E-state index in [4.69, 9.17) is 0 Å². The Kier molecular flexibility index (Phi) is 12.9. The molecule has 0 aliphatic heterocycles. The Balaban J connectivity index is 1.66. The molecule has 0 unspecified atom stereocenters. The van der Waals surface area contributed by atoms with Gasteiger partial charge in [-0.05, 0) is 47.4 Å². The van der Waals surface area contributed by atoms with Crippen molar-refractivity contribution in [2.75, 3.05) is 6.54 Å². The third-order valence-electron chi connectivity index (χ3n) is 7.91. The number of carbonyl (C=O) groups excluding carboxylic acids is 1. The molecule has 0 saturated carbocycles. The van der Waals surface area contributed by atoms with Crippen molar-refractivity contribution < 1.29 is 4.79 Å². The Hall–Kier alpha value is -1.13. The van der Waals surface area contributed by atoms with Gasteiger partial charge < -0.3 is 10.3 Å². The van der Waals surface area contributed by atoms with Crippen LogP contribution in [0.3, 0.4) is 0 Å². The van der Waals surface area contributed by atoms with E-state index in [1.165, 1.54) is 94.4 Å². The molecule has 0 aliphatic carbocycles. The van der Waals surface area contributed by atoms with Gasteiger partial charge in [-0.25, -0.2) is 0 Å². The lowest BCUT2D eigenvalue weighted by Gasteiger charge is -2.42. The van der Waals surface area contributed by atoms with Crippen LogP contribution < -0.4 is 5.32 Å². The van der Waals surface area contributed by atoms with Crippen LogP contribution in [0, 0.1) is 0 Å². The second kappa shape index (κ2) is 15.1. The van der Waals surface area contributed by atoms with Crippen LogP contribution >= 0.6 is 15.9 Å². The number of aromatic amines is 1. The van der Waals surface area contributed by atoms with Crippen LogP contribution in [0.2, 0.25) is 0 Å². The zero-order valence-electron chi connectivity index (χ0n) is 22.3. The molecule has 1 aromatic heterocycles. The number of hydrogen-bond donors (Lipinski definition) is 2. The van der Waals surface area contributed by atoms with Crippen molar-refractivity contribution in [1.29, 1.82) is 0 Å². The molecule has 2 rings (SSSR count). The molecule has 1 atom stereocenters. The average molecular weight is 534 g/mol. The molecule has 4 heteroatoms. The van der Waals surface area contributed by atoms with E-state index < -0.39 is 5.54 Å². The number of rotatable bonds is 19. The van der Waals surface area contributed by atoms with E-state index in [9.17, 15) is 4.79 Å². The molecule has 0 saturated heterocycles. The fourth-order valence-corrected chi connectivity index (χ4v) is 5.69. The van der Waals surface area contributed by atoms with E-state index >= 15 is 0 Å². The van der Waals surface area contributed by atoms with Gasteiger partial charge in [-0.3, -0.25) is 4.79 Å². The van der Waals surface area contributed by atoms with E-state index in [0.29, 0.717) is 0 Å². The van der Waals surface area contributed by atoms with Gasteiger partial charge in [0.2, 0.25) is 4.69 Å². The Morgan fingerprint density at radius 2 is 1.32 bits per heavy atom. The van der Waals surface area contributed by atoms with Crippen molar-refractivity contribution in [2.45, 2.75) is 129 Å². The Bertz CT molecular complexity index is 843. The fourth-order valence-electron chi connectivity index (χ4n) is 5.05. The van der Waals surface area contributed by atoms with Crippen LogP contribution in [0.15, 0.2) is 30.5 Å². The van der Waals surface area contributed by atoms with Gasteiger partial charge in [0.25, 0.3) is 0 Å². The van der Waals surface area contributed by atoms with Crippen molar-refractivity contribution in [3.8, 4) is 0 Å². The Morgan fingerprint density at radius 3 is 1.85 bits per heavy atom. The summed E-state index contributed by atoms with van der Waals surface area (Å²) in [4.78, 5) is 16.1. The highest BCUT2D eigenvalue weighted by Gasteiger charge is 2.47. The molecule has 1 heterocycles. The number of aromatic nitrogens is 1. The highest BCUT2D eigenvalue weighted by Crippen LogP contribution is 2.40. The second-order valence-electron chi connectivity index (χ2n) is 10.8. The van der Waals surface area contributed by atoms with E-state index in [1.807, 2.05) is 13.0 Å². The first-order valence-electron chi connectivity index (χ1n) is 13.9. The highest BCUT2D eigenvalue weighted by atomic mass is 79.9. The molecule has 2 aromatic rings. The SMILES string of the molecule is CCCCCCCCCCCCCCCCN[C@](C)(C(=O)Br)C(C)(C)c1c[nH]c2ccccc12. The molecular weight excluding hydrogens is 484 g/mol. The maximum Gasteiger partial charge on any atom is 0.218 e. The minimum Gasteiger partial charge on any atom is -0.361 e. The molecule has 0 amide bonds. The van der Waals surface area contributed by atoms with Gasteiger partial charge in [-0.2, -0.15) is 0 Å². The van der Waals surface area contributed by atoms with Gasteiger partial charge in [-0.1, -0.05) is 122 Å². The minimum absolute atomic E-state index is 0.0145. The summed E-state index contributed by atoms with van der Waals surface area (Å²) < 4.78 is 0.0145. The van der Waals surface area contributed by atoms with Crippen LogP contribution in [-0.4, -0.2) is 21.8 Å². The summed E-state index contributed by atoms with van der Waals surface area (Å²) in [7, 11) is 0. The summed E-state index contributed by atoms with van der Waals surface area (Å²) in [5.41, 5.74) is 1.23. The van der Waals surface area contributed by atoms with Gasteiger partial charge >= 0.3 is 0 Å². The lowest BCUT2D eigenvalue weighted by molar-refractivity contribution is -0.117. The molecule has 34 heavy (non-hydrogen) atoms. The van der Waals surface area contributed by atoms with Crippen molar-refractivity contribution in [1.82, 2.24) is 10.3 Å². The van der Waals surface area contributed by atoms with E-state index in [2.05, 4.69) is 71.4 Å². The molecule has 1 aromatic carbocycles. The van der Waals surface area contributed by atoms with Crippen LogP contribution in [0.25, 0.3) is 10.9 Å². The van der Waals surface area contributed by atoms with Crippen LogP contribution in [-0.2, 0) is 10.2 Å². The fraction of sp³-hybridized carbons (Fsp3) is 0.700. The number of nitrogens with one attached hydrogen (secondary N) is 2. The minimum atomic E-state index is -0.686. The Labute approximate surface area is 217 Å². The Morgan fingerprint density at radius 1 is 0.824 bits per heavy atom. The van der Waals surface area contributed by atoms with E-state index in [0.717, 1.165) is 18.5 Å². The summed E-state index contributed by atoms with van der Waals surface area (Å²) in [6, 6.07) is 8.32. The lowest BCUT2D eigenvalue weighted by Crippen LogP contribution is -2.60. The van der Waals surface area contributed by atoms with Crippen LogP contribution in [0.5, 0.6) is 0 Å². The third kappa shape index (κ3) is 8.22. The summed E-state index contributed by atoms with van der Waals surface area (Å²) in [6.45, 7) is 9.51. The van der Waals surface area contributed by atoms with Gasteiger partial charge in [0.15, 0.2) is 0 Å². The lowest BCUT2D eigenvalue weighted by atomic mass is 9.69. The van der Waals surface area contributed by atoms with E-state index in [-0.39, 0.29) is 10.1 Å². The number of halogens is 1. The first kappa shape index (κ1) is 29.1. The van der Waals surface area contributed by atoms with Crippen molar-refractivity contribution in [3.63, 3.8) is 0 Å². The second-order valence-corrected chi connectivity index (χ2v) is 11.5. The number of hydrogen-bond acceptors (Lipinski definition) is 2. The quantitative estimate of drug-likeness (QED) is 0.140. The molecule has 0 radical (unpaired) electrons. The van der Waals surface area contributed by atoms with Crippen LogP contribution in [0.1, 0.15) is 123 Å². The molecule has 0 aliphatic rings. The number of fused-ring (bicyclic) bond motifs is 1. The monoisotopic (exact) mass is 532 g/mol. The van der Waals surface area contributed by atoms with Gasteiger partial charge in [-0.15, -0.1) is 0 Å². The van der Waals surface area contributed by atoms with E-state index in [1.54, 1.807) is 0 Å². The molecule has 3 nitrogen and oxygen atoms in total. The summed E-state index contributed by atoms with van der Waals surface area (Å²) in [6.07, 6.45) is 21.1. The first-order valence-corrected chi connectivity index (χ1v) is 14.7. The van der Waals surface area contributed by atoms with Crippen LogP contribution in [0.4, 0.5) is 0 Å². The van der Waals surface area contributed by atoms with Gasteiger partial charge in [0.05, 0.1) is 5.54 Å². The maximum atomic E-state index is 12.8. The first-order chi connectivity index (χ1) is 16.3. The van der Waals surface area contributed by atoms with Crippen molar-refractivity contribution in [3.05, 3.63) is 36.0 Å². The third-order valence-corrected chi connectivity index (χ3v) is 8.71. The molecule has 0 spiro atoms. The summed E-state index contributed by atoms with van der Waals surface area (Å²) >= 11 is 3.32. The standard InChI is InChI=1S/C30H49BrN2O/c1-5-6-7-8-9-10-11-12-13-14-15-16-17-20-23-33-30(4,28(31)34)29(2,3)26-24-32-27-22-19-18-21-25(26)27/h18-19,21-22,24,32-33H,5-17,20,23H2,1-4H3/t30-/m1/s1. The van der Waals surface area contributed by atoms with Crippen molar-refractivity contribution >= 4 is 31.5 Å². The maximum absolute atomic E-state index is 12.8. The smallest absolute Gasteiger partial charge is 0.218 e. The van der Waals surface area contributed by atoms with Crippen molar-refractivity contribution in [2.24, 2.45) is 0 Å².